The average Bonchev–Trinajstić information content (AvgIpc) is 3.48. The van der Waals surface area contributed by atoms with Crippen LogP contribution in [0.15, 0.2) is 41.2 Å². The lowest BCUT2D eigenvalue weighted by Crippen LogP contribution is -2.45. The number of piperazine rings is 1. The minimum atomic E-state index is -2.00. The number of phenols is 3. The molecule has 1 amide bonds. The molecular weight excluding hydrogens is 764 g/mol. The minimum absolute atomic E-state index is 0.0189. The number of aromatic hydroxyl groups is 3. The summed E-state index contributed by atoms with van der Waals surface area (Å²) in [6, 6.07) is 0. The third kappa shape index (κ3) is 8.93. The summed E-state index contributed by atoms with van der Waals surface area (Å²) in [6.45, 7) is 14.4. The van der Waals surface area contributed by atoms with E-state index in [2.05, 4.69) is 15.3 Å². The molecule has 1 saturated heterocycles. The molecule has 0 unspecified atom stereocenters. The summed E-state index contributed by atoms with van der Waals surface area (Å²) >= 11 is 0. The highest BCUT2D eigenvalue weighted by atomic mass is 16.7. The smallest absolute Gasteiger partial charge is 0.312 e. The van der Waals surface area contributed by atoms with E-state index >= 15 is 0 Å². The number of carbonyl (C=O) groups is 2. The number of anilines is 1. The molecule has 0 spiro atoms. The van der Waals surface area contributed by atoms with Crippen LogP contribution in [0.25, 0.3) is 10.8 Å². The summed E-state index contributed by atoms with van der Waals surface area (Å²) in [5.41, 5.74) is -0.322. The second-order valence-corrected chi connectivity index (χ2v) is 16.0. The highest BCUT2D eigenvalue weighted by molar-refractivity contribution is 6.23. The number of fused-ring (bicyclic) bond motifs is 14. The normalized spacial score (nSPS) is 32.2. The topological polar surface area (TPSA) is 223 Å². The molecule has 0 saturated carbocycles. The number of allylic oxidation sites excluding steroid dienone is 2. The molecule has 2 aromatic carbocycles. The van der Waals surface area contributed by atoms with Gasteiger partial charge in [-0.1, -0.05) is 45.9 Å². The van der Waals surface area contributed by atoms with Crippen LogP contribution in [0.3, 0.4) is 0 Å². The van der Waals surface area contributed by atoms with Crippen LogP contribution in [-0.4, -0.2) is 142 Å². The predicted molar refractivity (Wildman–Crippen MR) is 222 cm³/mol. The van der Waals surface area contributed by atoms with Gasteiger partial charge in [0.2, 0.25) is 0 Å². The highest BCUT2D eigenvalue weighted by Crippen LogP contribution is 2.55. The lowest BCUT2D eigenvalue weighted by molar-refractivity contribution is -0.112. The number of nitrogens with zero attached hydrogens (tertiary/aromatic N) is 3. The van der Waals surface area contributed by atoms with Gasteiger partial charge in [-0.2, -0.15) is 5.10 Å². The number of β-amino-alcohol motifs (C(OH)–C–C–N with tert-alkyl or cyclic N) is 1. The van der Waals surface area contributed by atoms with Gasteiger partial charge in [-0.25, -0.2) is 0 Å². The van der Waals surface area contributed by atoms with Crippen molar-refractivity contribution < 1.29 is 59.2 Å². The molecule has 16 heteroatoms. The highest BCUT2D eigenvalue weighted by Gasteiger charge is 2.50. The van der Waals surface area contributed by atoms with Gasteiger partial charge < -0.3 is 54.9 Å². The van der Waals surface area contributed by atoms with Gasteiger partial charge in [-0.3, -0.25) is 19.5 Å². The average molecular weight is 825 g/mol. The van der Waals surface area contributed by atoms with E-state index in [0.717, 1.165) is 0 Å². The monoisotopic (exact) mass is 824 g/mol. The van der Waals surface area contributed by atoms with Crippen molar-refractivity contribution >= 4 is 34.4 Å². The van der Waals surface area contributed by atoms with E-state index in [1.165, 1.54) is 53.5 Å². The molecule has 1 fully saturated rings. The number of phenolic OH excluding ortho intramolecular Hbond substituents is 3. The lowest BCUT2D eigenvalue weighted by atomic mass is 9.78. The number of amides is 1. The van der Waals surface area contributed by atoms with E-state index in [-0.39, 0.29) is 57.0 Å². The first kappa shape index (κ1) is 45.4. The molecule has 4 aliphatic heterocycles. The standard InChI is InChI=1S/C43H60N4O12/c1-22-11-10-12-23(2)42(55)45-33-28(21-44-47-16-14-46(15-17-47)18-19-48)37(52)30-31(38(33)53)36(51)27(6)40-32(30)41(54)43(7,59-40)58-20-13-29(56-8)24(3)39(57-9)26(5)35(50)25(4)34(22)49/h10-13,20-22,24-26,29,34-35,39,48-53H,14-19H2,1-9H3,(H,45,55)/b11-10+,20-13+,23-12-,44-21+/t22-,24+,25+,26+,29-,34-,35+,39+,43-/m0/s1. The summed E-state index contributed by atoms with van der Waals surface area (Å²) in [5.74, 6) is -7.04. The summed E-state index contributed by atoms with van der Waals surface area (Å²) in [5, 5.41) is 76.2. The maximum Gasteiger partial charge on any atom is 0.312 e. The first-order valence-corrected chi connectivity index (χ1v) is 20.0. The van der Waals surface area contributed by atoms with Gasteiger partial charge in [0, 0.05) is 94.1 Å². The molecule has 2 aromatic rings. The number of ketones is 1. The maximum atomic E-state index is 14.4. The Morgan fingerprint density at radius 1 is 0.915 bits per heavy atom. The van der Waals surface area contributed by atoms with Crippen LogP contribution >= 0.6 is 0 Å². The minimum Gasteiger partial charge on any atom is -0.507 e. The second kappa shape index (κ2) is 18.7. The predicted octanol–water partition coefficient (Wildman–Crippen LogP) is 3.78. The Balaban J connectivity index is 1.68. The number of methoxy groups -OCH3 is 2. The molecule has 59 heavy (non-hydrogen) atoms. The Kier molecular flexibility index (Phi) is 14.4. The zero-order valence-electron chi connectivity index (χ0n) is 35.3. The van der Waals surface area contributed by atoms with Crippen molar-refractivity contribution in [3.05, 3.63) is 52.8 Å². The molecule has 324 valence electrons. The summed E-state index contributed by atoms with van der Waals surface area (Å²) in [6.07, 6.45) is 5.81. The molecule has 9 atom stereocenters. The number of carbonyl (C=O) groups excluding carboxylic acids is 2. The summed E-state index contributed by atoms with van der Waals surface area (Å²) in [7, 11) is 3.03. The van der Waals surface area contributed by atoms with Crippen LogP contribution < -0.4 is 10.1 Å². The van der Waals surface area contributed by atoms with Gasteiger partial charge in [0.1, 0.15) is 17.2 Å². The Morgan fingerprint density at radius 2 is 1.59 bits per heavy atom. The lowest BCUT2D eigenvalue weighted by Gasteiger charge is -2.37. The van der Waals surface area contributed by atoms with Crippen LogP contribution in [0.2, 0.25) is 0 Å². The zero-order chi connectivity index (χ0) is 43.5. The van der Waals surface area contributed by atoms with E-state index in [1.54, 1.807) is 37.1 Å². The Morgan fingerprint density at radius 3 is 2.22 bits per heavy atom. The van der Waals surface area contributed by atoms with Crippen molar-refractivity contribution in [2.75, 3.05) is 58.9 Å². The van der Waals surface area contributed by atoms with E-state index in [9.17, 15) is 40.2 Å². The van der Waals surface area contributed by atoms with Crippen LogP contribution in [0.5, 0.6) is 23.0 Å². The maximum absolute atomic E-state index is 14.4. The first-order chi connectivity index (χ1) is 27.9. The third-order valence-electron chi connectivity index (χ3n) is 12.1. The molecule has 4 aliphatic rings. The third-order valence-corrected chi connectivity index (χ3v) is 12.1. The van der Waals surface area contributed by atoms with E-state index in [4.69, 9.17) is 18.9 Å². The number of aliphatic hydroxyl groups excluding tert-OH is 3. The molecule has 16 nitrogen and oxygen atoms in total. The quantitative estimate of drug-likeness (QED) is 0.125. The largest absolute Gasteiger partial charge is 0.507 e. The summed E-state index contributed by atoms with van der Waals surface area (Å²) < 4.78 is 23.8. The van der Waals surface area contributed by atoms with E-state index in [1.807, 2.05) is 13.8 Å². The fourth-order valence-corrected chi connectivity index (χ4v) is 8.25. The molecule has 0 aromatic heterocycles. The SMILES string of the molecule is CO[C@H]1[C@H](C)[C@H](O)[C@H](C)[C@@H](O)[C@@H](C)/C=C/C=C(/C)C(=O)Nc2c(/C=N/N3CCN(CCO)CC3)c(O)c3c4c(c(C)c(O)c3c2O)O[C@](C)(O/C=C/[C@H](OC)[C@H]1C)C4=O. The molecular formula is C43H60N4O12. The van der Waals surface area contributed by atoms with Crippen molar-refractivity contribution in [3.8, 4) is 23.0 Å². The van der Waals surface area contributed by atoms with Gasteiger partial charge in [-0.15, -0.1) is 0 Å². The number of ether oxygens (including phenoxy) is 4. The fraction of sp³-hybridized carbons (Fsp3) is 0.558. The second-order valence-electron chi connectivity index (χ2n) is 16.0. The first-order valence-electron chi connectivity index (χ1n) is 20.0. The zero-order valence-corrected chi connectivity index (χ0v) is 35.3. The van der Waals surface area contributed by atoms with Gasteiger partial charge in [0.25, 0.3) is 11.7 Å². The van der Waals surface area contributed by atoms with Crippen molar-refractivity contribution in [1.29, 1.82) is 0 Å². The van der Waals surface area contributed by atoms with E-state index < -0.39 is 76.9 Å². The number of hydrogen-bond acceptors (Lipinski definition) is 15. The van der Waals surface area contributed by atoms with Crippen LogP contribution in [0.4, 0.5) is 5.69 Å². The number of nitrogens with one attached hydrogen (secondary N) is 1. The van der Waals surface area contributed by atoms with Gasteiger partial charge in [0.05, 0.1) is 65.7 Å². The van der Waals surface area contributed by atoms with Crippen LogP contribution in [0.1, 0.15) is 63.0 Å². The van der Waals surface area contributed by atoms with Crippen molar-refractivity contribution in [2.45, 2.75) is 78.7 Å². The molecule has 0 radical (unpaired) electrons. The number of aliphatic hydroxyl groups is 3. The fourth-order valence-electron chi connectivity index (χ4n) is 8.25. The van der Waals surface area contributed by atoms with Crippen molar-refractivity contribution in [2.24, 2.45) is 28.8 Å². The molecule has 4 heterocycles. The molecule has 6 rings (SSSR count). The van der Waals surface area contributed by atoms with Gasteiger partial charge in [-0.05, 0) is 19.9 Å². The Bertz CT molecular complexity index is 2010. The number of rotatable bonds is 6. The van der Waals surface area contributed by atoms with Crippen molar-refractivity contribution in [1.82, 2.24) is 9.91 Å². The van der Waals surface area contributed by atoms with E-state index in [0.29, 0.717) is 32.7 Å². The van der Waals surface area contributed by atoms with Crippen LogP contribution in [0, 0.1) is 30.6 Å². The summed E-state index contributed by atoms with van der Waals surface area (Å²) in [4.78, 5) is 30.2. The number of benzene rings is 2. The molecule has 5 bridgehead atoms. The number of hydrogen-bond donors (Lipinski definition) is 7. The van der Waals surface area contributed by atoms with Gasteiger partial charge >= 0.3 is 5.79 Å². The number of hydrazone groups is 1. The van der Waals surface area contributed by atoms with Crippen LogP contribution in [-0.2, 0) is 19.0 Å². The number of Topliss-reactive ketones (excluding diaryl/α,β-unsaturated/α-hetero) is 1. The van der Waals surface area contributed by atoms with Crippen molar-refractivity contribution in [3.63, 3.8) is 0 Å². The Labute approximate surface area is 345 Å². The molecule has 7 N–H and O–H groups in total. The molecule has 0 aliphatic carbocycles. The Hall–Kier alpha value is -4.71. The van der Waals surface area contributed by atoms with Gasteiger partial charge in [0.15, 0.2) is 5.75 Å².